The molecule has 4 heteroatoms. The molecule has 4 nitrogen and oxygen atoms in total. The minimum atomic E-state index is -0.193. The Labute approximate surface area is 144 Å². The number of amides is 2. The van der Waals surface area contributed by atoms with Gasteiger partial charge in [-0.1, -0.05) is 56.5 Å². The van der Waals surface area contributed by atoms with E-state index >= 15 is 0 Å². The summed E-state index contributed by atoms with van der Waals surface area (Å²) in [5.41, 5.74) is 1.14. The van der Waals surface area contributed by atoms with Crippen molar-refractivity contribution in [2.24, 2.45) is 5.92 Å². The van der Waals surface area contributed by atoms with Crippen LogP contribution in [0.2, 0.25) is 0 Å². The third-order valence-electron chi connectivity index (χ3n) is 5.39. The van der Waals surface area contributed by atoms with Crippen LogP contribution in [-0.4, -0.2) is 29.3 Å². The van der Waals surface area contributed by atoms with Crippen LogP contribution in [-0.2, 0) is 9.59 Å². The minimum Gasteiger partial charge on any atom is -0.349 e. The number of rotatable bonds is 6. The van der Waals surface area contributed by atoms with Crippen molar-refractivity contribution >= 4 is 11.8 Å². The lowest BCUT2D eigenvalue weighted by atomic mass is 10.0. The second-order valence-corrected chi connectivity index (χ2v) is 7.15. The van der Waals surface area contributed by atoms with Gasteiger partial charge >= 0.3 is 0 Å². The maximum atomic E-state index is 12.7. The predicted molar refractivity (Wildman–Crippen MR) is 94.3 cm³/mol. The van der Waals surface area contributed by atoms with Gasteiger partial charge in [-0.3, -0.25) is 9.59 Å². The van der Waals surface area contributed by atoms with Crippen LogP contribution in [0.5, 0.6) is 0 Å². The summed E-state index contributed by atoms with van der Waals surface area (Å²) >= 11 is 0. The monoisotopic (exact) mass is 328 g/mol. The summed E-state index contributed by atoms with van der Waals surface area (Å²) in [6.45, 7) is 2.73. The molecule has 2 fully saturated rings. The van der Waals surface area contributed by atoms with Crippen LogP contribution >= 0.6 is 0 Å². The first-order valence-electron chi connectivity index (χ1n) is 9.33. The zero-order chi connectivity index (χ0) is 16.9. The van der Waals surface area contributed by atoms with Crippen molar-refractivity contribution in [3.8, 4) is 0 Å². The molecule has 1 heterocycles. The van der Waals surface area contributed by atoms with Gasteiger partial charge in [0.05, 0.1) is 12.0 Å². The maximum Gasteiger partial charge on any atom is 0.225 e. The first-order valence-corrected chi connectivity index (χ1v) is 9.33. The Balaban J connectivity index is 1.62. The molecule has 0 spiro atoms. The second kappa shape index (κ2) is 7.82. The highest BCUT2D eigenvalue weighted by Gasteiger charge is 2.39. The molecule has 0 unspecified atom stereocenters. The van der Waals surface area contributed by atoms with E-state index in [-0.39, 0.29) is 23.8 Å². The highest BCUT2D eigenvalue weighted by atomic mass is 16.2. The normalized spacial score (nSPS) is 22.8. The van der Waals surface area contributed by atoms with E-state index in [1.54, 1.807) is 0 Å². The van der Waals surface area contributed by atoms with Crippen molar-refractivity contribution in [1.82, 2.24) is 10.2 Å². The van der Waals surface area contributed by atoms with E-state index in [4.69, 9.17) is 0 Å². The van der Waals surface area contributed by atoms with E-state index in [1.165, 1.54) is 12.8 Å². The van der Waals surface area contributed by atoms with Crippen LogP contribution in [0.25, 0.3) is 0 Å². The number of benzene rings is 1. The number of nitrogens with one attached hydrogen (secondary N) is 1. The lowest BCUT2D eigenvalue weighted by Crippen LogP contribution is -2.38. The van der Waals surface area contributed by atoms with Crippen molar-refractivity contribution < 1.29 is 9.59 Å². The summed E-state index contributed by atoms with van der Waals surface area (Å²) in [4.78, 5) is 27.0. The summed E-state index contributed by atoms with van der Waals surface area (Å²) < 4.78 is 0. The van der Waals surface area contributed by atoms with E-state index in [2.05, 4.69) is 24.4 Å². The van der Waals surface area contributed by atoms with Crippen molar-refractivity contribution in [3.05, 3.63) is 35.9 Å². The Bertz CT molecular complexity index is 566. The zero-order valence-electron chi connectivity index (χ0n) is 14.5. The van der Waals surface area contributed by atoms with Gasteiger partial charge in [-0.2, -0.15) is 0 Å². The second-order valence-electron chi connectivity index (χ2n) is 7.15. The average Bonchev–Trinajstić information content (AvgIpc) is 3.24. The quantitative estimate of drug-likeness (QED) is 0.870. The van der Waals surface area contributed by atoms with Gasteiger partial charge in [0.15, 0.2) is 0 Å². The zero-order valence-corrected chi connectivity index (χ0v) is 14.5. The fourth-order valence-corrected chi connectivity index (χ4v) is 4.06. The molecule has 3 rings (SSSR count). The molecule has 1 aromatic carbocycles. The molecule has 1 aromatic rings. The van der Waals surface area contributed by atoms with Crippen LogP contribution in [0.1, 0.15) is 63.5 Å². The van der Waals surface area contributed by atoms with E-state index in [0.717, 1.165) is 31.2 Å². The number of nitrogens with zero attached hydrogens (tertiary/aromatic N) is 1. The van der Waals surface area contributed by atoms with Crippen LogP contribution in [0.3, 0.4) is 0 Å². The van der Waals surface area contributed by atoms with Gasteiger partial charge < -0.3 is 10.2 Å². The molecule has 24 heavy (non-hydrogen) atoms. The molecular weight excluding hydrogens is 300 g/mol. The fourth-order valence-electron chi connectivity index (χ4n) is 4.06. The Kier molecular flexibility index (Phi) is 5.54. The van der Waals surface area contributed by atoms with Gasteiger partial charge in [-0.25, -0.2) is 0 Å². The Morgan fingerprint density at radius 3 is 2.62 bits per heavy atom. The third-order valence-corrected chi connectivity index (χ3v) is 5.39. The van der Waals surface area contributed by atoms with Crippen LogP contribution in [0.15, 0.2) is 30.3 Å². The molecule has 2 aliphatic rings. The molecular formula is C20H28N2O2. The average molecular weight is 328 g/mol. The maximum absolute atomic E-state index is 12.7. The minimum absolute atomic E-state index is 0.0335. The van der Waals surface area contributed by atoms with Crippen molar-refractivity contribution in [2.75, 3.05) is 6.54 Å². The number of carbonyl (C=O) groups is 2. The first kappa shape index (κ1) is 17.0. The van der Waals surface area contributed by atoms with Crippen molar-refractivity contribution in [1.29, 1.82) is 0 Å². The summed E-state index contributed by atoms with van der Waals surface area (Å²) in [5, 5.41) is 3.19. The van der Waals surface area contributed by atoms with E-state index < -0.39 is 0 Å². The number of likely N-dealkylation sites (tertiary alicyclic amines) is 1. The lowest BCUT2D eigenvalue weighted by Gasteiger charge is -2.24. The van der Waals surface area contributed by atoms with E-state index in [9.17, 15) is 9.59 Å². The van der Waals surface area contributed by atoms with Crippen LogP contribution in [0, 0.1) is 5.92 Å². The molecule has 1 aliphatic carbocycles. The van der Waals surface area contributed by atoms with Gasteiger partial charge in [0.1, 0.15) is 0 Å². The Hall–Kier alpha value is -1.84. The highest BCUT2D eigenvalue weighted by Crippen LogP contribution is 2.30. The Morgan fingerprint density at radius 1 is 1.25 bits per heavy atom. The summed E-state index contributed by atoms with van der Waals surface area (Å²) in [5.74, 6) is 0.00104. The van der Waals surface area contributed by atoms with E-state index in [1.807, 2.05) is 23.1 Å². The van der Waals surface area contributed by atoms with Crippen molar-refractivity contribution in [3.63, 3.8) is 0 Å². The molecule has 130 valence electrons. The van der Waals surface area contributed by atoms with Crippen LogP contribution < -0.4 is 5.32 Å². The summed E-state index contributed by atoms with van der Waals surface area (Å²) in [7, 11) is 0. The fraction of sp³-hybridized carbons (Fsp3) is 0.600. The molecule has 1 aliphatic heterocycles. The number of carbonyl (C=O) groups excluding carboxylic acids is 2. The molecule has 1 saturated carbocycles. The first-order chi connectivity index (χ1) is 11.7. The van der Waals surface area contributed by atoms with Gasteiger partial charge in [-0.05, 0) is 24.8 Å². The SMILES string of the molecule is CCC[C@@H](NC(=O)[C@H]1CC(=O)N(C2CCCC2)C1)c1ccccc1. The smallest absolute Gasteiger partial charge is 0.225 e. The number of hydrogen-bond acceptors (Lipinski definition) is 2. The van der Waals surface area contributed by atoms with E-state index in [0.29, 0.717) is 19.0 Å². The summed E-state index contributed by atoms with van der Waals surface area (Å²) in [6.07, 6.45) is 6.91. The predicted octanol–water partition coefficient (Wildman–Crippen LogP) is 3.44. The molecule has 0 bridgehead atoms. The van der Waals surface area contributed by atoms with Crippen molar-refractivity contribution in [2.45, 2.75) is 64.0 Å². The van der Waals surface area contributed by atoms with Gasteiger partial charge in [0.2, 0.25) is 11.8 Å². The molecule has 1 N–H and O–H groups in total. The van der Waals surface area contributed by atoms with Gasteiger partial charge in [0, 0.05) is 19.0 Å². The highest BCUT2D eigenvalue weighted by molar-refractivity contribution is 5.89. The molecule has 0 aromatic heterocycles. The molecule has 2 amide bonds. The topological polar surface area (TPSA) is 49.4 Å². The standard InChI is InChI=1S/C20H28N2O2/c1-2-8-18(15-9-4-3-5-10-15)21-20(24)16-13-19(23)22(14-16)17-11-6-7-12-17/h3-5,9-10,16-18H,2,6-8,11-14H2,1H3,(H,21,24)/t16-,18+/m0/s1. The molecule has 0 radical (unpaired) electrons. The Morgan fingerprint density at radius 2 is 1.96 bits per heavy atom. The lowest BCUT2D eigenvalue weighted by molar-refractivity contribution is -0.130. The van der Waals surface area contributed by atoms with Gasteiger partial charge in [-0.15, -0.1) is 0 Å². The summed E-state index contributed by atoms with van der Waals surface area (Å²) in [6, 6.07) is 10.5. The third kappa shape index (κ3) is 3.80. The van der Waals surface area contributed by atoms with Gasteiger partial charge in [0.25, 0.3) is 0 Å². The van der Waals surface area contributed by atoms with Crippen LogP contribution in [0.4, 0.5) is 0 Å². The number of hydrogen-bond donors (Lipinski definition) is 1. The largest absolute Gasteiger partial charge is 0.349 e. The molecule has 1 saturated heterocycles. The molecule has 2 atom stereocenters.